The molecular weight excluding hydrogens is 398 g/mol. The molecule has 0 heterocycles. The predicted molar refractivity (Wildman–Crippen MR) is 103 cm³/mol. The second-order valence-corrected chi connectivity index (χ2v) is 9.19. The van der Waals surface area contributed by atoms with Gasteiger partial charge in [0.2, 0.25) is 20.0 Å². The number of nitrogens with one attached hydrogen (secondary N) is 2. The maximum absolute atomic E-state index is 12.3. The minimum Gasteiger partial charge on any atom is -0.324 e. The number of benzene rings is 2. The lowest BCUT2D eigenvalue weighted by atomic mass is 10.1. The van der Waals surface area contributed by atoms with Crippen LogP contribution in [0.3, 0.4) is 0 Å². The average molecular weight is 420 g/mol. The minimum atomic E-state index is -3.74. The highest BCUT2D eigenvalue weighted by Crippen LogP contribution is 2.15. The standard InChI is InChI=1S/C16H21N3O4S2.ClH/c1-12(17)14-5-3-13(4-6-14)11-19-25(22,23)16-9-7-15(8-10-16)24(20,21)18-2;/h3-10,12,18-19H,11,17H2,1-2H3;1H. The van der Waals surface area contributed by atoms with E-state index in [1.54, 1.807) is 0 Å². The molecule has 10 heteroatoms. The van der Waals surface area contributed by atoms with Gasteiger partial charge in [0, 0.05) is 12.6 Å². The van der Waals surface area contributed by atoms with Gasteiger partial charge in [0.25, 0.3) is 0 Å². The quantitative estimate of drug-likeness (QED) is 0.628. The molecule has 0 spiro atoms. The van der Waals surface area contributed by atoms with Gasteiger partial charge in [-0.1, -0.05) is 24.3 Å². The fraction of sp³-hybridized carbons (Fsp3) is 0.250. The van der Waals surface area contributed by atoms with Gasteiger partial charge in [-0.05, 0) is 49.4 Å². The van der Waals surface area contributed by atoms with Gasteiger partial charge in [-0.15, -0.1) is 12.4 Å². The number of hydrogen-bond acceptors (Lipinski definition) is 5. The van der Waals surface area contributed by atoms with Crippen molar-refractivity contribution in [3.63, 3.8) is 0 Å². The largest absolute Gasteiger partial charge is 0.324 e. The van der Waals surface area contributed by atoms with Crippen molar-refractivity contribution in [3.05, 3.63) is 59.7 Å². The Labute approximate surface area is 160 Å². The average Bonchev–Trinajstić information content (AvgIpc) is 2.60. The molecule has 0 aromatic heterocycles. The first kappa shape index (κ1) is 22.6. The fourth-order valence-electron chi connectivity index (χ4n) is 2.12. The maximum Gasteiger partial charge on any atom is 0.240 e. The SMILES string of the molecule is CNS(=O)(=O)c1ccc(S(=O)(=O)NCc2ccc(C(C)N)cc2)cc1.Cl. The van der Waals surface area contributed by atoms with Crippen molar-refractivity contribution in [1.82, 2.24) is 9.44 Å². The van der Waals surface area contributed by atoms with Crippen LogP contribution in [0.15, 0.2) is 58.3 Å². The number of rotatable bonds is 7. The van der Waals surface area contributed by atoms with Gasteiger partial charge in [0.15, 0.2) is 0 Å². The molecule has 1 unspecified atom stereocenters. The van der Waals surface area contributed by atoms with Crippen molar-refractivity contribution in [2.75, 3.05) is 7.05 Å². The Morgan fingerprint density at radius 1 is 0.885 bits per heavy atom. The third-order valence-corrected chi connectivity index (χ3v) is 6.53. The van der Waals surface area contributed by atoms with E-state index < -0.39 is 20.0 Å². The third kappa shape index (κ3) is 5.50. The zero-order valence-corrected chi connectivity index (χ0v) is 16.8. The fourth-order valence-corrected chi connectivity index (χ4v) is 3.86. The van der Waals surface area contributed by atoms with Gasteiger partial charge in [-0.3, -0.25) is 0 Å². The number of sulfonamides is 2. The van der Waals surface area contributed by atoms with Crippen LogP contribution in [-0.2, 0) is 26.6 Å². The molecule has 0 saturated carbocycles. The summed E-state index contributed by atoms with van der Waals surface area (Å²) in [5, 5.41) is 0. The predicted octanol–water partition coefficient (Wildman–Crippen LogP) is 1.51. The molecule has 2 aromatic rings. The van der Waals surface area contributed by atoms with Crippen LogP contribution < -0.4 is 15.2 Å². The molecular formula is C16H22ClN3O4S2. The second kappa shape index (κ2) is 8.94. The molecule has 4 N–H and O–H groups in total. The van der Waals surface area contributed by atoms with Crippen molar-refractivity contribution in [2.45, 2.75) is 29.3 Å². The van der Waals surface area contributed by atoms with E-state index in [0.717, 1.165) is 11.1 Å². The Kier molecular flexibility index (Phi) is 7.75. The topological polar surface area (TPSA) is 118 Å². The van der Waals surface area contributed by atoms with Crippen LogP contribution in [-0.4, -0.2) is 23.9 Å². The highest BCUT2D eigenvalue weighted by Gasteiger charge is 2.16. The van der Waals surface area contributed by atoms with Crippen LogP contribution in [0.1, 0.15) is 24.1 Å². The summed E-state index contributed by atoms with van der Waals surface area (Å²) in [4.78, 5) is -0.00445. The van der Waals surface area contributed by atoms with E-state index in [0.29, 0.717) is 0 Å². The molecule has 0 aliphatic heterocycles. The summed E-state index contributed by atoms with van der Waals surface area (Å²) >= 11 is 0. The van der Waals surface area contributed by atoms with E-state index in [-0.39, 0.29) is 34.8 Å². The second-order valence-electron chi connectivity index (χ2n) is 5.53. The van der Waals surface area contributed by atoms with E-state index in [1.807, 2.05) is 31.2 Å². The van der Waals surface area contributed by atoms with E-state index in [9.17, 15) is 16.8 Å². The highest BCUT2D eigenvalue weighted by molar-refractivity contribution is 7.90. The first-order valence-corrected chi connectivity index (χ1v) is 10.5. The van der Waals surface area contributed by atoms with Gasteiger partial charge < -0.3 is 5.73 Å². The van der Waals surface area contributed by atoms with Crippen molar-refractivity contribution in [1.29, 1.82) is 0 Å². The van der Waals surface area contributed by atoms with Gasteiger partial charge in [-0.25, -0.2) is 26.3 Å². The summed E-state index contributed by atoms with van der Waals surface area (Å²) in [6, 6.07) is 12.2. The Morgan fingerprint density at radius 3 is 1.77 bits per heavy atom. The lowest BCUT2D eigenvalue weighted by Gasteiger charge is -2.10. The minimum absolute atomic E-state index is 0. The molecule has 144 valence electrons. The van der Waals surface area contributed by atoms with Crippen molar-refractivity contribution in [3.8, 4) is 0 Å². The summed E-state index contributed by atoms with van der Waals surface area (Å²) in [7, 11) is -6.06. The Morgan fingerprint density at radius 2 is 1.35 bits per heavy atom. The van der Waals surface area contributed by atoms with Crippen molar-refractivity contribution in [2.24, 2.45) is 5.73 Å². The molecule has 7 nitrogen and oxygen atoms in total. The Bertz CT molecular complexity index is 926. The first-order chi connectivity index (χ1) is 11.7. The zero-order chi connectivity index (χ0) is 18.7. The number of halogens is 1. The maximum atomic E-state index is 12.3. The molecule has 0 aliphatic carbocycles. The number of nitrogens with two attached hydrogens (primary N) is 1. The van der Waals surface area contributed by atoms with Crippen LogP contribution in [0, 0.1) is 0 Å². The Balaban J connectivity index is 0.00000338. The molecule has 2 rings (SSSR count). The van der Waals surface area contributed by atoms with Crippen LogP contribution in [0.5, 0.6) is 0 Å². The Hall–Kier alpha value is -1.49. The van der Waals surface area contributed by atoms with Crippen LogP contribution >= 0.6 is 12.4 Å². The van der Waals surface area contributed by atoms with Gasteiger partial charge >= 0.3 is 0 Å². The van der Waals surface area contributed by atoms with E-state index >= 15 is 0 Å². The van der Waals surface area contributed by atoms with Crippen LogP contribution in [0.2, 0.25) is 0 Å². The first-order valence-electron chi connectivity index (χ1n) is 7.53. The van der Waals surface area contributed by atoms with Gasteiger partial charge in [0.05, 0.1) is 9.79 Å². The summed E-state index contributed by atoms with van der Waals surface area (Å²) in [6.45, 7) is 1.99. The van der Waals surface area contributed by atoms with Gasteiger partial charge in [0.1, 0.15) is 0 Å². The number of hydrogen-bond donors (Lipinski definition) is 3. The van der Waals surface area contributed by atoms with E-state index in [1.165, 1.54) is 31.3 Å². The zero-order valence-electron chi connectivity index (χ0n) is 14.3. The molecule has 26 heavy (non-hydrogen) atoms. The summed E-state index contributed by atoms with van der Waals surface area (Å²) < 4.78 is 52.6. The molecule has 0 aliphatic rings. The highest BCUT2D eigenvalue weighted by atomic mass is 35.5. The molecule has 0 saturated heterocycles. The molecule has 2 aromatic carbocycles. The lowest BCUT2D eigenvalue weighted by molar-refractivity contribution is 0.579. The smallest absolute Gasteiger partial charge is 0.240 e. The molecule has 0 fully saturated rings. The summed E-state index contributed by atoms with van der Waals surface area (Å²) in [5.74, 6) is 0. The van der Waals surface area contributed by atoms with Crippen molar-refractivity contribution < 1.29 is 16.8 Å². The summed E-state index contributed by atoms with van der Waals surface area (Å²) in [5.41, 5.74) is 7.54. The lowest BCUT2D eigenvalue weighted by Crippen LogP contribution is -2.23. The monoisotopic (exact) mass is 419 g/mol. The van der Waals surface area contributed by atoms with Crippen LogP contribution in [0.4, 0.5) is 0 Å². The molecule has 1 atom stereocenters. The van der Waals surface area contributed by atoms with Gasteiger partial charge in [-0.2, -0.15) is 0 Å². The molecule has 0 radical (unpaired) electrons. The molecule has 0 bridgehead atoms. The van der Waals surface area contributed by atoms with Crippen molar-refractivity contribution >= 4 is 32.5 Å². The van der Waals surface area contributed by atoms with E-state index in [2.05, 4.69) is 9.44 Å². The normalized spacial score (nSPS) is 13.0. The van der Waals surface area contributed by atoms with E-state index in [4.69, 9.17) is 5.73 Å². The summed E-state index contributed by atoms with van der Waals surface area (Å²) in [6.07, 6.45) is 0. The third-order valence-electron chi connectivity index (χ3n) is 3.68. The van der Waals surface area contributed by atoms with Crippen LogP contribution in [0.25, 0.3) is 0 Å². The molecule has 0 amide bonds.